The zero-order valence-electron chi connectivity index (χ0n) is 19.6. The first-order chi connectivity index (χ1) is 17.6. The molecule has 14 heteroatoms. The van der Waals surface area contributed by atoms with Gasteiger partial charge < -0.3 is 15.3 Å². The summed E-state index contributed by atoms with van der Waals surface area (Å²) < 4.78 is 80.7. The molecule has 1 saturated heterocycles. The Morgan fingerprint density at radius 2 is 1.82 bits per heavy atom. The van der Waals surface area contributed by atoms with Crippen LogP contribution in [-0.2, 0) is 10.4 Å². The maximum atomic E-state index is 14.2. The highest BCUT2D eigenvalue weighted by Crippen LogP contribution is 2.49. The van der Waals surface area contributed by atoms with Crippen LogP contribution in [0, 0.1) is 6.92 Å². The van der Waals surface area contributed by atoms with E-state index in [2.05, 4.69) is 10.5 Å². The van der Waals surface area contributed by atoms with E-state index in [1.165, 1.54) is 24.3 Å². The molecule has 0 aromatic heterocycles. The lowest BCUT2D eigenvalue weighted by Gasteiger charge is -2.29. The number of aryl methyl sites for hydroxylation is 1. The van der Waals surface area contributed by atoms with Crippen molar-refractivity contribution in [1.29, 1.82) is 0 Å². The first kappa shape index (κ1) is 28.5. The van der Waals surface area contributed by atoms with Crippen molar-refractivity contribution in [1.82, 2.24) is 10.2 Å². The van der Waals surface area contributed by atoms with Gasteiger partial charge in [0.05, 0.1) is 18.3 Å². The fourth-order valence-electron chi connectivity index (χ4n) is 4.58. The highest BCUT2D eigenvalue weighted by Gasteiger charge is 2.62. The quantitative estimate of drug-likeness (QED) is 0.451. The van der Waals surface area contributed by atoms with E-state index in [-0.39, 0.29) is 45.4 Å². The Balaban J connectivity index is 1.50. The SMILES string of the molecule is Cc1cc(C2=NOC(c3cc(Cl)cc(Cl)c3)(C(F)(F)F)C2)ccc1C(=O)NC1CCN(CC(F)(F)F)C1O. The van der Waals surface area contributed by atoms with Gasteiger partial charge in [0.25, 0.3) is 11.5 Å². The number of hydrogen-bond donors (Lipinski definition) is 2. The van der Waals surface area contributed by atoms with Crippen molar-refractivity contribution < 1.29 is 41.1 Å². The van der Waals surface area contributed by atoms with Gasteiger partial charge in [-0.3, -0.25) is 9.69 Å². The predicted octanol–water partition coefficient (Wildman–Crippen LogP) is 5.57. The van der Waals surface area contributed by atoms with Crippen LogP contribution in [0.25, 0.3) is 0 Å². The number of alkyl halides is 6. The Labute approximate surface area is 223 Å². The highest BCUT2D eigenvalue weighted by molar-refractivity contribution is 6.34. The van der Waals surface area contributed by atoms with Gasteiger partial charge in [0, 0.05) is 34.1 Å². The van der Waals surface area contributed by atoms with Crippen LogP contribution >= 0.6 is 23.2 Å². The summed E-state index contributed by atoms with van der Waals surface area (Å²) in [5.74, 6) is -0.644. The predicted molar refractivity (Wildman–Crippen MR) is 127 cm³/mol. The maximum Gasteiger partial charge on any atom is 0.435 e. The smallest absolute Gasteiger partial charge is 0.376 e. The van der Waals surface area contributed by atoms with Crippen molar-refractivity contribution in [2.24, 2.45) is 5.16 Å². The average Bonchev–Trinajstić information content (AvgIpc) is 3.38. The number of carbonyl (C=O) groups excluding carboxylic acids is 1. The highest BCUT2D eigenvalue weighted by atomic mass is 35.5. The minimum absolute atomic E-state index is 0.00621. The maximum absolute atomic E-state index is 14.2. The second-order valence-electron chi connectivity index (χ2n) is 9.19. The summed E-state index contributed by atoms with van der Waals surface area (Å²) in [6.45, 7) is 0.185. The molecule has 38 heavy (non-hydrogen) atoms. The number of halogens is 8. The summed E-state index contributed by atoms with van der Waals surface area (Å²) in [5, 5.41) is 16.4. The second-order valence-corrected chi connectivity index (χ2v) is 10.1. The fourth-order valence-corrected chi connectivity index (χ4v) is 5.11. The Bertz CT molecular complexity index is 1250. The molecule has 4 rings (SSSR count). The van der Waals surface area contributed by atoms with Crippen molar-refractivity contribution in [3.63, 3.8) is 0 Å². The van der Waals surface area contributed by atoms with Crippen LogP contribution in [0.1, 0.15) is 39.9 Å². The standard InChI is InChI=1S/C24H21Cl2F6N3O3/c1-12-6-13(2-3-17(12)20(36)33-18-4-5-35(21(18)37)11-23(27,28)29)19-10-22(38-34-19,24(30,31)32)14-7-15(25)9-16(26)8-14/h2-3,6-9,18,21,37H,4-5,10-11H2,1H3,(H,33,36). The summed E-state index contributed by atoms with van der Waals surface area (Å²) in [4.78, 5) is 18.6. The minimum Gasteiger partial charge on any atom is -0.376 e. The summed E-state index contributed by atoms with van der Waals surface area (Å²) in [6, 6.07) is 6.78. The van der Waals surface area contributed by atoms with E-state index in [1.54, 1.807) is 6.92 Å². The van der Waals surface area contributed by atoms with Gasteiger partial charge in [-0.05, 0) is 54.8 Å². The van der Waals surface area contributed by atoms with E-state index in [1.807, 2.05) is 0 Å². The molecule has 2 N–H and O–H groups in total. The van der Waals surface area contributed by atoms with E-state index < -0.39 is 49.1 Å². The van der Waals surface area contributed by atoms with Crippen molar-refractivity contribution >= 4 is 34.8 Å². The van der Waals surface area contributed by atoms with Crippen LogP contribution in [-0.4, -0.2) is 59.3 Å². The van der Waals surface area contributed by atoms with Crippen molar-refractivity contribution in [3.05, 3.63) is 68.7 Å². The molecule has 0 saturated carbocycles. The van der Waals surface area contributed by atoms with Gasteiger partial charge in [-0.15, -0.1) is 0 Å². The average molecular weight is 584 g/mol. The number of carbonyl (C=O) groups is 1. The van der Waals surface area contributed by atoms with Crippen molar-refractivity contribution in [2.45, 2.75) is 50.0 Å². The molecule has 1 fully saturated rings. The van der Waals surface area contributed by atoms with E-state index in [4.69, 9.17) is 28.0 Å². The number of nitrogens with one attached hydrogen (secondary N) is 1. The summed E-state index contributed by atoms with van der Waals surface area (Å²) in [5.41, 5.74) is -2.38. The van der Waals surface area contributed by atoms with Gasteiger partial charge in [-0.2, -0.15) is 26.3 Å². The molecular formula is C24H21Cl2F6N3O3. The van der Waals surface area contributed by atoms with Gasteiger partial charge in [0.1, 0.15) is 6.23 Å². The lowest BCUT2D eigenvalue weighted by Crippen LogP contribution is -2.47. The number of benzene rings is 2. The molecule has 1 amide bonds. The first-order valence-corrected chi connectivity index (χ1v) is 12.0. The normalized spacial score (nSPS) is 24.3. The van der Waals surface area contributed by atoms with Gasteiger partial charge in [0.2, 0.25) is 0 Å². The summed E-state index contributed by atoms with van der Waals surface area (Å²) >= 11 is 11.8. The molecular weight excluding hydrogens is 563 g/mol. The largest absolute Gasteiger partial charge is 0.435 e. The third-order valence-electron chi connectivity index (χ3n) is 6.48. The molecule has 2 aliphatic heterocycles. The number of rotatable bonds is 5. The van der Waals surface area contributed by atoms with Gasteiger partial charge >= 0.3 is 12.4 Å². The number of oxime groups is 1. The van der Waals surface area contributed by atoms with Gasteiger partial charge in [-0.25, -0.2) is 0 Å². The van der Waals surface area contributed by atoms with Crippen LogP contribution in [0.15, 0.2) is 41.6 Å². The lowest BCUT2D eigenvalue weighted by molar-refractivity contribution is -0.275. The number of aliphatic hydroxyl groups is 1. The van der Waals surface area contributed by atoms with E-state index in [9.17, 15) is 36.2 Å². The molecule has 0 radical (unpaired) electrons. The zero-order chi connectivity index (χ0) is 28.0. The molecule has 2 heterocycles. The van der Waals surface area contributed by atoms with Crippen molar-refractivity contribution in [3.8, 4) is 0 Å². The zero-order valence-corrected chi connectivity index (χ0v) is 21.1. The van der Waals surface area contributed by atoms with E-state index in [0.717, 1.165) is 17.0 Å². The Morgan fingerprint density at radius 3 is 2.39 bits per heavy atom. The van der Waals surface area contributed by atoms with Crippen LogP contribution < -0.4 is 5.32 Å². The molecule has 0 spiro atoms. The van der Waals surface area contributed by atoms with Crippen LogP contribution in [0.5, 0.6) is 0 Å². The molecule has 3 unspecified atom stereocenters. The molecule has 0 bridgehead atoms. The molecule has 6 nitrogen and oxygen atoms in total. The Kier molecular flexibility index (Phi) is 7.65. The third-order valence-corrected chi connectivity index (χ3v) is 6.92. The summed E-state index contributed by atoms with van der Waals surface area (Å²) in [7, 11) is 0. The van der Waals surface area contributed by atoms with Crippen LogP contribution in [0.2, 0.25) is 10.0 Å². The van der Waals surface area contributed by atoms with Crippen molar-refractivity contribution in [2.75, 3.05) is 13.1 Å². The first-order valence-electron chi connectivity index (χ1n) is 11.3. The molecule has 0 aliphatic carbocycles. The third kappa shape index (κ3) is 5.73. The molecule has 206 valence electrons. The number of amides is 1. The van der Waals surface area contributed by atoms with Gasteiger partial charge in [0.15, 0.2) is 0 Å². The number of aliphatic hydroxyl groups excluding tert-OH is 1. The monoisotopic (exact) mass is 583 g/mol. The lowest BCUT2D eigenvalue weighted by atomic mass is 9.86. The number of nitrogens with zero attached hydrogens (tertiary/aromatic N) is 2. The molecule has 2 aliphatic rings. The van der Waals surface area contributed by atoms with Crippen LogP contribution in [0.4, 0.5) is 26.3 Å². The van der Waals surface area contributed by atoms with Gasteiger partial charge in [-0.1, -0.05) is 34.4 Å². The number of likely N-dealkylation sites (tertiary alicyclic amines) is 1. The van der Waals surface area contributed by atoms with E-state index in [0.29, 0.717) is 5.56 Å². The minimum atomic E-state index is -4.87. The molecule has 2 aromatic carbocycles. The number of hydrogen-bond acceptors (Lipinski definition) is 5. The topological polar surface area (TPSA) is 74.2 Å². The van der Waals surface area contributed by atoms with E-state index >= 15 is 0 Å². The Morgan fingerprint density at radius 1 is 1.16 bits per heavy atom. The molecule has 3 atom stereocenters. The fraction of sp³-hybridized carbons (Fsp3) is 0.417. The molecule has 2 aromatic rings. The summed E-state index contributed by atoms with van der Waals surface area (Å²) in [6.07, 6.45) is -11.5. The Hall–Kier alpha value is -2.54. The second kappa shape index (κ2) is 10.2. The van der Waals surface area contributed by atoms with Crippen LogP contribution in [0.3, 0.4) is 0 Å².